The average Bonchev–Trinajstić information content (AvgIpc) is 2.33. The monoisotopic (exact) mass is 285 g/mol. The highest BCUT2D eigenvalue weighted by molar-refractivity contribution is 7.92. The number of benzene rings is 1. The molecule has 3 N–H and O–H groups in total. The molecule has 0 spiro atoms. The third-order valence-corrected chi connectivity index (χ3v) is 2.96. The fourth-order valence-corrected chi connectivity index (χ4v) is 2.00. The Balaban J connectivity index is 2.46. The van der Waals surface area contributed by atoms with Crippen LogP contribution < -0.4 is 15.4 Å². The summed E-state index contributed by atoms with van der Waals surface area (Å²) in [6.07, 6.45) is 1.53. The van der Waals surface area contributed by atoms with Crippen LogP contribution in [0.15, 0.2) is 24.3 Å². The van der Waals surface area contributed by atoms with Crippen LogP contribution in [-0.4, -0.2) is 34.2 Å². The smallest absolute Gasteiger partial charge is 0.229 e. The van der Waals surface area contributed by atoms with Gasteiger partial charge in [-0.2, -0.15) is 0 Å². The van der Waals surface area contributed by atoms with E-state index < -0.39 is 10.0 Å². The molecule has 0 bridgehead atoms. The van der Waals surface area contributed by atoms with Gasteiger partial charge in [-0.05, 0) is 24.7 Å². The Morgan fingerprint density at radius 3 is 2.37 bits per heavy atom. The lowest BCUT2D eigenvalue weighted by Gasteiger charge is -2.07. The summed E-state index contributed by atoms with van der Waals surface area (Å²) in [7, 11) is -1.46. The van der Waals surface area contributed by atoms with Gasteiger partial charge in [-0.3, -0.25) is 9.52 Å². The standard InChI is InChI=1S/C12H19N3O3S/c1-13-8-7-12(16)14-9-10-3-5-11(6-4-10)15-19(2,17)18/h3-6,13,15H,7-9H2,1-2H3,(H,14,16). The van der Waals surface area contributed by atoms with Crippen LogP contribution in [0.5, 0.6) is 0 Å². The number of anilines is 1. The van der Waals surface area contributed by atoms with Gasteiger partial charge in [-0.1, -0.05) is 12.1 Å². The molecule has 1 rings (SSSR count). The maximum Gasteiger partial charge on any atom is 0.229 e. The Morgan fingerprint density at radius 1 is 1.21 bits per heavy atom. The third kappa shape index (κ3) is 6.78. The zero-order valence-corrected chi connectivity index (χ0v) is 11.9. The van der Waals surface area contributed by atoms with Gasteiger partial charge in [0.1, 0.15) is 0 Å². The van der Waals surface area contributed by atoms with Crippen molar-refractivity contribution >= 4 is 21.6 Å². The minimum Gasteiger partial charge on any atom is -0.352 e. The molecule has 1 amide bonds. The Morgan fingerprint density at radius 2 is 1.84 bits per heavy atom. The highest BCUT2D eigenvalue weighted by Gasteiger charge is 2.03. The van der Waals surface area contributed by atoms with Crippen LogP contribution in [0.4, 0.5) is 5.69 Å². The summed E-state index contributed by atoms with van der Waals surface area (Å²) in [6.45, 7) is 1.07. The molecular formula is C12H19N3O3S. The van der Waals surface area contributed by atoms with E-state index in [4.69, 9.17) is 0 Å². The number of sulfonamides is 1. The fraction of sp³-hybridized carbons (Fsp3) is 0.417. The number of carbonyl (C=O) groups excluding carboxylic acids is 1. The van der Waals surface area contributed by atoms with Crippen molar-refractivity contribution in [2.75, 3.05) is 24.6 Å². The maximum absolute atomic E-state index is 11.4. The van der Waals surface area contributed by atoms with E-state index >= 15 is 0 Å². The van der Waals surface area contributed by atoms with E-state index in [1.165, 1.54) is 0 Å². The topological polar surface area (TPSA) is 87.3 Å². The van der Waals surface area contributed by atoms with E-state index in [1.807, 2.05) is 0 Å². The predicted molar refractivity (Wildman–Crippen MR) is 75.3 cm³/mol. The number of hydrogen-bond acceptors (Lipinski definition) is 4. The van der Waals surface area contributed by atoms with Crippen LogP contribution in [0.25, 0.3) is 0 Å². The number of rotatable bonds is 7. The fourth-order valence-electron chi connectivity index (χ4n) is 1.43. The van der Waals surface area contributed by atoms with Crippen molar-refractivity contribution in [2.24, 2.45) is 0 Å². The lowest BCUT2D eigenvalue weighted by Crippen LogP contribution is -2.26. The first-order valence-electron chi connectivity index (χ1n) is 5.89. The first kappa shape index (κ1) is 15.5. The Bertz CT molecular complexity index is 512. The van der Waals surface area contributed by atoms with E-state index in [-0.39, 0.29) is 5.91 Å². The number of hydrogen-bond donors (Lipinski definition) is 3. The number of nitrogens with one attached hydrogen (secondary N) is 3. The summed E-state index contributed by atoms with van der Waals surface area (Å²) in [5.74, 6) is -0.0207. The van der Waals surface area contributed by atoms with Crippen molar-refractivity contribution in [2.45, 2.75) is 13.0 Å². The Kier molecular flexibility index (Phi) is 5.78. The largest absolute Gasteiger partial charge is 0.352 e. The zero-order valence-electron chi connectivity index (χ0n) is 11.1. The highest BCUT2D eigenvalue weighted by Crippen LogP contribution is 2.10. The second kappa shape index (κ2) is 7.10. The van der Waals surface area contributed by atoms with E-state index in [1.54, 1.807) is 31.3 Å². The van der Waals surface area contributed by atoms with Crippen LogP contribution >= 0.6 is 0 Å². The van der Waals surface area contributed by atoms with Crippen molar-refractivity contribution in [3.05, 3.63) is 29.8 Å². The molecule has 0 aliphatic carbocycles. The molecule has 0 saturated carbocycles. The van der Waals surface area contributed by atoms with Crippen molar-refractivity contribution in [3.63, 3.8) is 0 Å². The van der Waals surface area contributed by atoms with Gasteiger partial charge in [0.15, 0.2) is 0 Å². The molecule has 0 heterocycles. The van der Waals surface area contributed by atoms with Crippen LogP contribution in [0.1, 0.15) is 12.0 Å². The molecule has 0 unspecified atom stereocenters. The molecular weight excluding hydrogens is 266 g/mol. The summed E-state index contributed by atoms with van der Waals surface area (Å²) < 4.78 is 24.4. The van der Waals surface area contributed by atoms with Crippen LogP contribution in [0.3, 0.4) is 0 Å². The molecule has 0 fully saturated rings. The molecule has 0 aromatic heterocycles. The van der Waals surface area contributed by atoms with Gasteiger partial charge < -0.3 is 10.6 Å². The van der Waals surface area contributed by atoms with Gasteiger partial charge in [-0.15, -0.1) is 0 Å². The predicted octanol–water partition coefficient (Wildman–Crippen LogP) is 0.284. The van der Waals surface area contributed by atoms with Crippen LogP contribution in [-0.2, 0) is 21.4 Å². The minimum absolute atomic E-state index is 0.0207. The van der Waals surface area contributed by atoms with Gasteiger partial charge in [-0.25, -0.2) is 8.42 Å². The average molecular weight is 285 g/mol. The van der Waals surface area contributed by atoms with Crippen LogP contribution in [0, 0.1) is 0 Å². The molecule has 0 radical (unpaired) electrons. The van der Waals surface area contributed by atoms with Gasteiger partial charge in [0.2, 0.25) is 15.9 Å². The first-order chi connectivity index (χ1) is 8.90. The molecule has 1 aromatic carbocycles. The first-order valence-corrected chi connectivity index (χ1v) is 7.78. The second-order valence-electron chi connectivity index (χ2n) is 4.20. The molecule has 0 atom stereocenters. The summed E-state index contributed by atoms with van der Waals surface area (Å²) >= 11 is 0. The second-order valence-corrected chi connectivity index (χ2v) is 5.95. The minimum atomic E-state index is -3.25. The molecule has 7 heteroatoms. The molecule has 0 saturated heterocycles. The van der Waals surface area contributed by atoms with Gasteiger partial charge in [0.25, 0.3) is 0 Å². The molecule has 19 heavy (non-hydrogen) atoms. The van der Waals surface area contributed by atoms with E-state index in [2.05, 4.69) is 15.4 Å². The lowest BCUT2D eigenvalue weighted by molar-refractivity contribution is -0.121. The summed E-state index contributed by atoms with van der Waals surface area (Å²) in [5, 5.41) is 5.68. The summed E-state index contributed by atoms with van der Waals surface area (Å²) in [4.78, 5) is 11.4. The summed E-state index contributed by atoms with van der Waals surface area (Å²) in [5.41, 5.74) is 1.42. The zero-order chi connectivity index (χ0) is 14.3. The molecule has 0 aliphatic heterocycles. The SMILES string of the molecule is CNCCC(=O)NCc1ccc(NS(C)(=O)=O)cc1. The van der Waals surface area contributed by atoms with Gasteiger partial charge in [0.05, 0.1) is 6.26 Å². The van der Waals surface area contributed by atoms with Crippen molar-refractivity contribution in [3.8, 4) is 0 Å². The van der Waals surface area contributed by atoms with Crippen molar-refractivity contribution in [1.29, 1.82) is 0 Å². The van der Waals surface area contributed by atoms with E-state index in [0.717, 1.165) is 11.8 Å². The number of amides is 1. The number of carbonyl (C=O) groups is 1. The Labute approximate surface area is 113 Å². The van der Waals surface area contributed by atoms with Gasteiger partial charge >= 0.3 is 0 Å². The maximum atomic E-state index is 11.4. The Hall–Kier alpha value is -1.60. The van der Waals surface area contributed by atoms with Crippen molar-refractivity contribution < 1.29 is 13.2 Å². The molecule has 1 aromatic rings. The molecule has 6 nitrogen and oxygen atoms in total. The lowest BCUT2D eigenvalue weighted by atomic mass is 10.2. The quantitative estimate of drug-likeness (QED) is 0.672. The summed E-state index contributed by atoms with van der Waals surface area (Å²) in [6, 6.07) is 6.87. The van der Waals surface area contributed by atoms with Crippen molar-refractivity contribution in [1.82, 2.24) is 10.6 Å². The normalized spacial score (nSPS) is 11.1. The third-order valence-electron chi connectivity index (χ3n) is 2.35. The molecule has 106 valence electrons. The van der Waals surface area contributed by atoms with Crippen LogP contribution in [0.2, 0.25) is 0 Å². The highest BCUT2D eigenvalue weighted by atomic mass is 32.2. The molecule has 0 aliphatic rings. The van der Waals surface area contributed by atoms with Gasteiger partial charge in [0, 0.05) is 25.2 Å². The van der Waals surface area contributed by atoms with E-state index in [9.17, 15) is 13.2 Å². The van der Waals surface area contributed by atoms with E-state index in [0.29, 0.717) is 25.2 Å².